The molecule has 0 bridgehead atoms. The number of nitrogens with one attached hydrogen (secondary N) is 1. The Balaban J connectivity index is 1.78. The summed E-state index contributed by atoms with van der Waals surface area (Å²) in [5, 5.41) is 3.52. The molecule has 0 aliphatic heterocycles. The highest BCUT2D eigenvalue weighted by Gasteiger charge is 2.35. The largest absolute Gasteiger partial charge is 0.398 e. The summed E-state index contributed by atoms with van der Waals surface area (Å²) in [7, 11) is 2.02. The van der Waals surface area contributed by atoms with Crippen LogP contribution in [0.3, 0.4) is 0 Å². The number of anilines is 2. The first-order valence-electron chi connectivity index (χ1n) is 12.8. The SMILES string of the molecule is C=Cc1ccccc1C(=C)c1c(C)c(NC)c2c(c1N)C(CC1CC(C)C(N)C(N)C1)CCC2. The molecule has 2 aliphatic carbocycles. The lowest BCUT2D eigenvalue weighted by Crippen LogP contribution is -2.50. The van der Waals surface area contributed by atoms with Crippen LogP contribution in [0.5, 0.6) is 0 Å². The predicted molar refractivity (Wildman–Crippen MR) is 148 cm³/mol. The van der Waals surface area contributed by atoms with Crippen LogP contribution in [-0.4, -0.2) is 19.1 Å². The van der Waals surface area contributed by atoms with E-state index in [9.17, 15) is 0 Å². The van der Waals surface area contributed by atoms with E-state index in [1.807, 2.05) is 19.2 Å². The average molecular weight is 459 g/mol. The second-order valence-electron chi connectivity index (χ2n) is 10.6. The van der Waals surface area contributed by atoms with E-state index in [1.54, 1.807) is 0 Å². The van der Waals surface area contributed by atoms with Crippen LogP contribution in [0.4, 0.5) is 11.4 Å². The highest BCUT2D eigenvalue weighted by Crippen LogP contribution is 2.49. The Hall–Kier alpha value is -2.56. The third-order valence-corrected chi connectivity index (χ3v) is 8.46. The zero-order valence-electron chi connectivity index (χ0n) is 21.2. The summed E-state index contributed by atoms with van der Waals surface area (Å²) >= 11 is 0. The second kappa shape index (κ2) is 9.97. The van der Waals surface area contributed by atoms with Gasteiger partial charge < -0.3 is 22.5 Å². The minimum atomic E-state index is 0.0887. The first-order valence-corrected chi connectivity index (χ1v) is 12.8. The van der Waals surface area contributed by atoms with Crippen LogP contribution in [0.15, 0.2) is 37.4 Å². The van der Waals surface area contributed by atoms with Gasteiger partial charge in [0.05, 0.1) is 0 Å². The van der Waals surface area contributed by atoms with Crippen molar-refractivity contribution in [3.8, 4) is 0 Å². The van der Waals surface area contributed by atoms with Crippen LogP contribution in [0, 0.1) is 18.8 Å². The van der Waals surface area contributed by atoms with Crippen LogP contribution < -0.4 is 22.5 Å². The summed E-state index contributed by atoms with van der Waals surface area (Å²) in [6.45, 7) is 13.0. The van der Waals surface area contributed by atoms with E-state index in [4.69, 9.17) is 17.2 Å². The van der Waals surface area contributed by atoms with Gasteiger partial charge in [-0.3, -0.25) is 0 Å². The molecule has 2 aromatic carbocycles. The molecule has 0 radical (unpaired) electrons. The number of benzene rings is 2. The lowest BCUT2D eigenvalue weighted by atomic mass is 9.69. The van der Waals surface area contributed by atoms with Gasteiger partial charge in [-0.2, -0.15) is 0 Å². The Kier molecular flexibility index (Phi) is 7.20. The number of nitrogens with two attached hydrogens (primary N) is 3. The molecular weight excluding hydrogens is 416 g/mol. The van der Waals surface area contributed by atoms with E-state index in [0.29, 0.717) is 17.8 Å². The van der Waals surface area contributed by atoms with Crippen LogP contribution in [0.2, 0.25) is 0 Å². The standard InChI is InChI=1S/C30H42N4/c1-6-21-10-7-8-12-23(21)18(3)26-19(4)30(34-5)24-13-9-11-22(27(24)29(26)33)15-20-14-17(2)28(32)25(31)16-20/h6-8,10,12,17,20,22,25,28,34H,1,3,9,11,13-16,31-33H2,2,4-5H3. The van der Waals surface area contributed by atoms with E-state index < -0.39 is 0 Å². The second-order valence-corrected chi connectivity index (χ2v) is 10.6. The topological polar surface area (TPSA) is 90.1 Å². The molecule has 0 heterocycles. The van der Waals surface area contributed by atoms with Crippen molar-refractivity contribution >= 4 is 23.0 Å². The fourth-order valence-corrected chi connectivity index (χ4v) is 6.77. The Morgan fingerprint density at radius 1 is 1.21 bits per heavy atom. The predicted octanol–water partition coefficient (Wildman–Crippen LogP) is 5.83. The van der Waals surface area contributed by atoms with Crippen LogP contribution in [0.25, 0.3) is 11.6 Å². The molecule has 182 valence electrons. The molecule has 4 rings (SSSR count). The van der Waals surface area contributed by atoms with E-state index in [1.165, 1.54) is 35.2 Å². The fourth-order valence-electron chi connectivity index (χ4n) is 6.77. The van der Waals surface area contributed by atoms with Crippen molar-refractivity contribution in [2.24, 2.45) is 23.3 Å². The zero-order chi connectivity index (χ0) is 24.6. The van der Waals surface area contributed by atoms with E-state index in [2.05, 4.69) is 50.5 Å². The molecule has 5 atom stereocenters. The van der Waals surface area contributed by atoms with Crippen LogP contribution >= 0.6 is 0 Å². The van der Waals surface area contributed by atoms with Crippen molar-refractivity contribution in [1.29, 1.82) is 0 Å². The summed E-state index contributed by atoms with van der Waals surface area (Å²) in [6, 6.07) is 8.48. The molecule has 0 spiro atoms. The molecule has 0 saturated heterocycles. The average Bonchev–Trinajstić information content (AvgIpc) is 2.82. The maximum atomic E-state index is 7.07. The van der Waals surface area contributed by atoms with Gasteiger partial charge in [0.2, 0.25) is 0 Å². The molecule has 1 saturated carbocycles. The van der Waals surface area contributed by atoms with Gasteiger partial charge in [-0.25, -0.2) is 0 Å². The molecule has 0 aromatic heterocycles. The van der Waals surface area contributed by atoms with Crippen molar-refractivity contribution in [2.75, 3.05) is 18.1 Å². The number of nitrogen functional groups attached to an aromatic ring is 1. The first-order chi connectivity index (χ1) is 16.3. The van der Waals surface area contributed by atoms with Gasteiger partial charge in [0.25, 0.3) is 0 Å². The summed E-state index contributed by atoms with van der Waals surface area (Å²) in [6.07, 6.45) is 8.61. The summed E-state index contributed by atoms with van der Waals surface area (Å²) in [5.41, 5.74) is 30.1. The highest BCUT2D eigenvalue weighted by molar-refractivity contribution is 5.93. The van der Waals surface area contributed by atoms with Crippen LogP contribution in [-0.2, 0) is 6.42 Å². The Morgan fingerprint density at radius 2 is 1.94 bits per heavy atom. The summed E-state index contributed by atoms with van der Waals surface area (Å²) in [4.78, 5) is 0. The molecule has 34 heavy (non-hydrogen) atoms. The quantitative estimate of drug-likeness (QED) is 0.410. The minimum Gasteiger partial charge on any atom is -0.398 e. The molecule has 2 aliphatic rings. The van der Waals surface area contributed by atoms with Crippen molar-refractivity contribution in [1.82, 2.24) is 0 Å². The Morgan fingerprint density at radius 3 is 2.62 bits per heavy atom. The molecule has 4 heteroatoms. The Bertz CT molecular complexity index is 1070. The Labute approximate surface area is 205 Å². The highest BCUT2D eigenvalue weighted by atomic mass is 14.8. The van der Waals surface area contributed by atoms with Gasteiger partial charge in [0.15, 0.2) is 0 Å². The molecule has 2 aromatic rings. The van der Waals surface area contributed by atoms with Crippen molar-refractivity contribution in [2.45, 2.75) is 70.4 Å². The van der Waals surface area contributed by atoms with Gasteiger partial charge in [0.1, 0.15) is 0 Å². The maximum absolute atomic E-state index is 7.07. The van der Waals surface area contributed by atoms with Gasteiger partial charge in [-0.05, 0) is 96.6 Å². The van der Waals surface area contributed by atoms with E-state index in [-0.39, 0.29) is 12.1 Å². The number of rotatable bonds is 6. The molecule has 5 unspecified atom stereocenters. The molecule has 0 amide bonds. The summed E-state index contributed by atoms with van der Waals surface area (Å²) < 4.78 is 0. The third-order valence-electron chi connectivity index (χ3n) is 8.46. The van der Waals surface area contributed by atoms with Gasteiger partial charge >= 0.3 is 0 Å². The molecule has 1 fully saturated rings. The van der Waals surface area contributed by atoms with Crippen molar-refractivity contribution in [3.63, 3.8) is 0 Å². The number of fused-ring (bicyclic) bond motifs is 1. The molecule has 4 nitrogen and oxygen atoms in total. The smallest absolute Gasteiger partial charge is 0.0436 e. The minimum absolute atomic E-state index is 0.0887. The maximum Gasteiger partial charge on any atom is 0.0436 e. The zero-order valence-corrected chi connectivity index (χ0v) is 21.2. The lowest BCUT2D eigenvalue weighted by Gasteiger charge is -2.40. The van der Waals surface area contributed by atoms with Gasteiger partial charge in [0, 0.05) is 36.1 Å². The van der Waals surface area contributed by atoms with Gasteiger partial charge in [-0.15, -0.1) is 0 Å². The first kappa shape index (κ1) is 24.6. The fraction of sp³-hybridized carbons (Fsp3) is 0.467. The number of hydrogen-bond donors (Lipinski definition) is 4. The summed E-state index contributed by atoms with van der Waals surface area (Å²) in [5.74, 6) is 1.50. The van der Waals surface area contributed by atoms with E-state index in [0.717, 1.165) is 53.6 Å². The number of hydrogen-bond acceptors (Lipinski definition) is 4. The van der Waals surface area contributed by atoms with Crippen molar-refractivity contribution < 1.29 is 0 Å². The van der Waals surface area contributed by atoms with E-state index >= 15 is 0 Å². The molecule has 7 N–H and O–H groups in total. The normalized spacial score (nSPS) is 26.6. The molecular formula is C30H42N4. The van der Waals surface area contributed by atoms with Gasteiger partial charge in [-0.1, -0.05) is 50.4 Å². The van der Waals surface area contributed by atoms with Crippen molar-refractivity contribution in [3.05, 3.63) is 70.8 Å². The monoisotopic (exact) mass is 458 g/mol. The van der Waals surface area contributed by atoms with Crippen LogP contribution in [0.1, 0.15) is 78.3 Å². The third kappa shape index (κ3) is 4.30. The lowest BCUT2D eigenvalue weighted by molar-refractivity contribution is 0.199.